The van der Waals surface area contributed by atoms with Crippen LogP contribution in [0.5, 0.6) is 0 Å². The van der Waals surface area contributed by atoms with Crippen LogP contribution in [0.1, 0.15) is 22.3 Å². The predicted molar refractivity (Wildman–Crippen MR) is 68.8 cm³/mol. The van der Waals surface area contributed by atoms with Crippen molar-refractivity contribution in [2.24, 2.45) is 0 Å². The molecule has 0 bridgehead atoms. The van der Waals surface area contributed by atoms with Crippen molar-refractivity contribution < 1.29 is 30.7 Å². The molecular formula is C16H7F7. The molecule has 7 heteroatoms. The molecule has 0 N–H and O–H groups in total. The molecule has 120 valence electrons. The fraction of sp³-hybridized carbons (Fsp3) is 0.125. The van der Waals surface area contributed by atoms with E-state index in [1.807, 2.05) is 0 Å². The molecule has 0 nitrogen and oxygen atoms in total. The van der Waals surface area contributed by atoms with Gasteiger partial charge in [0, 0.05) is 11.1 Å². The summed E-state index contributed by atoms with van der Waals surface area (Å²) < 4.78 is 89.1. The number of rotatable bonds is 0. The molecular weight excluding hydrogens is 325 g/mol. The highest BCUT2D eigenvalue weighted by atomic mass is 19.4. The summed E-state index contributed by atoms with van der Waals surface area (Å²) in [4.78, 5) is 0. The quantitative estimate of drug-likeness (QED) is 0.456. The van der Waals surface area contributed by atoms with Crippen LogP contribution in [0.2, 0.25) is 0 Å². The van der Waals surface area contributed by atoms with Crippen LogP contribution in [0.15, 0.2) is 42.5 Å². The van der Waals surface area contributed by atoms with Crippen LogP contribution in [0, 0.1) is 17.7 Å². The van der Waals surface area contributed by atoms with E-state index in [1.54, 1.807) is 0 Å². The van der Waals surface area contributed by atoms with Crippen LogP contribution in [-0.4, -0.2) is 0 Å². The third-order valence-electron chi connectivity index (χ3n) is 2.76. The third-order valence-corrected chi connectivity index (χ3v) is 2.76. The lowest BCUT2D eigenvalue weighted by Gasteiger charge is -2.12. The van der Waals surface area contributed by atoms with Gasteiger partial charge in [0.2, 0.25) is 0 Å². The maximum atomic E-state index is 13.0. The summed E-state index contributed by atoms with van der Waals surface area (Å²) in [5, 5.41) is 0. The molecule has 0 aliphatic carbocycles. The normalized spacial score (nSPS) is 11.8. The highest BCUT2D eigenvalue weighted by Crippen LogP contribution is 2.36. The third kappa shape index (κ3) is 4.49. The van der Waals surface area contributed by atoms with Crippen LogP contribution in [-0.2, 0) is 12.4 Å². The number of hydrogen-bond acceptors (Lipinski definition) is 0. The summed E-state index contributed by atoms with van der Waals surface area (Å²) in [7, 11) is 0. The van der Waals surface area contributed by atoms with Crippen molar-refractivity contribution in [1.29, 1.82) is 0 Å². The molecule has 0 radical (unpaired) electrons. The molecule has 2 rings (SSSR count). The standard InChI is InChI=1S/C16H7F7/c17-14-3-1-2-10(8-14)4-5-11-6-12(15(18,19)20)9-13(7-11)16(21,22)23/h1-3,6-9H. The van der Waals surface area contributed by atoms with Crippen molar-refractivity contribution in [3.05, 3.63) is 70.5 Å². The van der Waals surface area contributed by atoms with Crippen molar-refractivity contribution in [1.82, 2.24) is 0 Å². The van der Waals surface area contributed by atoms with E-state index >= 15 is 0 Å². The van der Waals surface area contributed by atoms with E-state index < -0.39 is 34.9 Å². The molecule has 0 unspecified atom stereocenters. The zero-order chi connectivity index (χ0) is 17.3. The molecule has 0 spiro atoms. The van der Waals surface area contributed by atoms with E-state index in [9.17, 15) is 30.7 Å². The SMILES string of the molecule is Fc1cccc(C#Cc2cc(C(F)(F)F)cc(C(F)(F)F)c2)c1. The van der Waals surface area contributed by atoms with Crippen LogP contribution in [0.25, 0.3) is 0 Å². The summed E-state index contributed by atoms with van der Waals surface area (Å²) in [5.41, 5.74) is -3.22. The van der Waals surface area contributed by atoms with Gasteiger partial charge in [-0.15, -0.1) is 0 Å². The second kappa shape index (κ2) is 5.95. The Hall–Kier alpha value is -2.49. The topological polar surface area (TPSA) is 0 Å². The summed E-state index contributed by atoms with van der Waals surface area (Å²) in [6, 6.07) is 5.92. The molecule has 2 aromatic rings. The van der Waals surface area contributed by atoms with Gasteiger partial charge in [-0.25, -0.2) is 4.39 Å². The minimum atomic E-state index is -4.93. The second-order valence-corrected chi connectivity index (χ2v) is 4.55. The Kier molecular flexibility index (Phi) is 4.37. The predicted octanol–water partition coefficient (Wildman–Crippen LogP) is 5.26. The first kappa shape index (κ1) is 16.9. The Morgan fingerprint density at radius 1 is 0.652 bits per heavy atom. The van der Waals surface area contributed by atoms with Crippen molar-refractivity contribution in [2.75, 3.05) is 0 Å². The molecule has 23 heavy (non-hydrogen) atoms. The van der Waals surface area contributed by atoms with Crippen molar-refractivity contribution >= 4 is 0 Å². The van der Waals surface area contributed by atoms with Crippen LogP contribution in [0.3, 0.4) is 0 Å². The van der Waals surface area contributed by atoms with Crippen LogP contribution < -0.4 is 0 Å². The Labute approximate surface area is 126 Å². The lowest BCUT2D eigenvalue weighted by molar-refractivity contribution is -0.143. The van der Waals surface area contributed by atoms with Gasteiger partial charge in [0.15, 0.2) is 0 Å². The van der Waals surface area contributed by atoms with Gasteiger partial charge in [-0.1, -0.05) is 17.9 Å². The molecule has 2 aromatic carbocycles. The number of halogens is 7. The zero-order valence-corrected chi connectivity index (χ0v) is 11.2. The fourth-order valence-electron chi connectivity index (χ4n) is 1.74. The largest absolute Gasteiger partial charge is 0.416 e. The van der Waals surface area contributed by atoms with Crippen molar-refractivity contribution in [3.8, 4) is 11.8 Å². The van der Waals surface area contributed by atoms with Gasteiger partial charge in [0.05, 0.1) is 11.1 Å². The molecule has 0 heterocycles. The van der Waals surface area contributed by atoms with Crippen LogP contribution >= 0.6 is 0 Å². The van der Waals surface area contributed by atoms with Gasteiger partial charge in [-0.05, 0) is 36.4 Å². The van der Waals surface area contributed by atoms with Crippen LogP contribution in [0.4, 0.5) is 30.7 Å². The van der Waals surface area contributed by atoms with Gasteiger partial charge in [-0.3, -0.25) is 0 Å². The van der Waals surface area contributed by atoms with Gasteiger partial charge < -0.3 is 0 Å². The van der Waals surface area contributed by atoms with E-state index in [0.717, 1.165) is 12.1 Å². The first-order valence-electron chi connectivity index (χ1n) is 6.13. The fourth-order valence-corrected chi connectivity index (χ4v) is 1.74. The molecule has 0 aliphatic heterocycles. The second-order valence-electron chi connectivity index (χ2n) is 4.55. The summed E-state index contributed by atoms with van der Waals surface area (Å²) in [6.07, 6.45) is -9.87. The number of alkyl halides is 6. The number of hydrogen-bond donors (Lipinski definition) is 0. The Morgan fingerprint density at radius 3 is 1.65 bits per heavy atom. The summed E-state index contributed by atoms with van der Waals surface area (Å²) in [6.45, 7) is 0. The average Bonchev–Trinajstić information content (AvgIpc) is 2.43. The molecule has 0 fully saturated rings. The Bertz CT molecular complexity index is 741. The summed E-state index contributed by atoms with van der Waals surface area (Å²) in [5.74, 6) is 3.92. The molecule has 0 amide bonds. The summed E-state index contributed by atoms with van der Waals surface area (Å²) >= 11 is 0. The van der Waals surface area contributed by atoms with E-state index in [0.29, 0.717) is 12.1 Å². The van der Waals surface area contributed by atoms with Gasteiger partial charge in [-0.2, -0.15) is 26.3 Å². The minimum absolute atomic E-state index is 0.0212. The molecule has 0 saturated heterocycles. The number of benzene rings is 2. The highest BCUT2D eigenvalue weighted by molar-refractivity contribution is 5.46. The van der Waals surface area contributed by atoms with Gasteiger partial charge >= 0.3 is 12.4 Å². The van der Waals surface area contributed by atoms with Gasteiger partial charge in [0.1, 0.15) is 5.82 Å². The average molecular weight is 332 g/mol. The first-order valence-corrected chi connectivity index (χ1v) is 6.13. The Balaban J connectivity index is 2.51. The molecule has 0 atom stereocenters. The lowest BCUT2D eigenvalue weighted by atomic mass is 10.0. The van der Waals surface area contributed by atoms with E-state index in [-0.39, 0.29) is 11.6 Å². The zero-order valence-electron chi connectivity index (χ0n) is 11.2. The molecule has 0 aromatic heterocycles. The lowest BCUT2D eigenvalue weighted by Crippen LogP contribution is -2.11. The maximum Gasteiger partial charge on any atom is 0.416 e. The van der Waals surface area contributed by atoms with E-state index in [4.69, 9.17) is 0 Å². The smallest absolute Gasteiger partial charge is 0.207 e. The molecule has 0 saturated carbocycles. The van der Waals surface area contributed by atoms with Gasteiger partial charge in [0.25, 0.3) is 0 Å². The van der Waals surface area contributed by atoms with E-state index in [2.05, 4.69) is 11.8 Å². The minimum Gasteiger partial charge on any atom is -0.207 e. The monoisotopic (exact) mass is 332 g/mol. The van der Waals surface area contributed by atoms with Crippen molar-refractivity contribution in [2.45, 2.75) is 12.4 Å². The maximum absolute atomic E-state index is 13.0. The first-order chi connectivity index (χ1) is 10.6. The van der Waals surface area contributed by atoms with Crippen molar-refractivity contribution in [3.63, 3.8) is 0 Å². The molecule has 0 aliphatic rings. The van der Waals surface area contributed by atoms with E-state index in [1.165, 1.54) is 12.1 Å². The highest BCUT2D eigenvalue weighted by Gasteiger charge is 2.36. The Morgan fingerprint density at radius 2 is 1.17 bits per heavy atom.